The molecule has 0 aromatic heterocycles. The van der Waals surface area contributed by atoms with Crippen LogP contribution in [0, 0.1) is 5.92 Å². The molecule has 5 aromatic rings. The number of aryl methyl sites for hydroxylation is 1. The van der Waals surface area contributed by atoms with Crippen molar-refractivity contribution < 1.29 is 77.5 Å². The molecule has 474 valence electrons. The Bertz CT molecular complexity index is 2940. The lowest BCUT2D eigenvalue weighted by molar-refractivity contribution is -0.141. The van der Waals surface area contributed by atoms with E-state index < -0.39 is 50.3 Å². The van der Waals surface area contributed by atoms with Crippen molar-refractivity contribution in [1.29, 1.82) is 0 Å². The normalized spacial score (nSPS) is 13.4. The quantitative estimate of drug-likeness (QED) is 0.0125. The predicted molar refractivity (Wildman–Crippen MR) is 341 cm³/mol. The molecule has 5 aromatic carbocycles. The van der Waals surface area contributed by atoms with Gasteiger partial charge in [0.05, 0.1) is 48.7 Å². The molecule has 0 heterocycles. The first-order valence-electron chi connectivity index (χ1n) is 30.6. The molecule has 4 N–H and O–H groups in total. The molecule has 16 heteroatoms. The van der Waals surface area contributed by atoms with Crippen LogP contribution in [0.1, 0.15) is 114 Å². The van der Waals surface area contributed by atoms with Crippen molar-refractivity contribution in [2.45, 2.75) is 110 Å². The maximum Gasteiger partial charge on any atom is 0.335 e. The minimum atomic E-state index is -0.674. The molecule has 0 amide bonds. The van der Waals surface area contributed by atoms with E-state index >= 15 is 0 Å². The summed E-state index contributed by atoms with van der Waals surface area (Å²) in [6.45, 7) is 17.1. The summed E-state index contributed by atoms with van der Waals surface area (Å²) in [6.07, 6.45) is 17.4. The summed E-state index contributed by atoms with van der Waals surface area (Å²) < 4.78 is 43.3. The molecule has 0 aliphatic heterocycles. The molecule has 0 saturated heterocycles. The molecule has 0 spiro atoms. The Balaban J connectivity index is 0.000000321. The molecular weight excluding hydrogens is 1120 g/mol. The number of esters is 4. The van der Waals surface area contributed by atoms with Gasteiger partial charge in [0.25, 0.3) is 0 Å². The first kappa shape index (κ1) is 70.7. The average Bonchev–Trinajstić information content (AvgIpc) is 2.56. The van der Waals surface area contributed by atoms with Gasteiger partial charge in [0.15, 0.2) is 0 Å². The maximum absolute atomic E-state index is 11.7. The molecule has 1 saturated carbocycles. The minimum absolute atomic E-state index is 0.0106. The highest BCUT2D eigenvalue weighted by atomic mass is 16.6. The van der Waals surface area contributed by atoms with E-state index in [-0.39, 0.29) is 75.1 Å². The number of aliphatic hydroxyl groups is 4. The summed E-state index contributed by atoms with van der Waals surface area (Å²) in [6, 6.07) is 36.4. The van der Waals surface area contributed by atoms with Gasteiger partial charge in [0.1, 0.15) is 75.9 Å². The van der Waals surface area contributed by atoms with Gasteiger partial charge in [-0.25, -0.2) is 19.2 Å². The molecule has 1 aliphatic carbocycles. The van der Waals surface area contributed by atoms with Crippen LogP contribution >= 0.6 is 0 Å². The van der Waals surface area contributed by atoms with Gasteiger partial charge in [-0.05, 0) is 131 Å². The van der Waals surface area contributed by atoms with Crippen LogP contribution in [0.25, 0.3) is 33.4 Å². The van der Waals surface area contributed by atoms with Gasteiger partial charge in [-0.1, -0.05) is 158 Å². The number of hydrogen-bond donors (Lipinski definition) is 4. The minimum Gasteiger partial charge on any atom is -0.490 e. The molecule has 6 rings (SSSR count). The van der Waals surface area contributed by atoms with Crippen molar-refractivity contribution in [3.63, 3.8) is 0 Å². The van der Waals surface area contributed by atoms with Gasteiger partial charge >= 0.3 is 23.9 Å². The standard InChI is InChI=1S/C37H44O8.C35H46O8/c1-4-5-6-7-8-9-32-24-31(29-10-15-33(16-11-29)42-20-22-44-36(40)27(2)25-38)14-19-35(32)30-12-17-34(18-13-30)43-21-23-45-37(41)28(3)26-39;1-4-5-6-7-27-8-10-28(11-9-27)29-12-14-30(15-13-29)31-20-32(40-16-18-42-34(38)25(2)23-36)22-33(21-31)41-17-19-43-35(39)26(3)24-37/h10-19,24,38-39H,2-9,20-23,25-26H2,1H3;12-15,20-22,27-28,36-37H,2-11,16-19,23-24H2,1H3. The third-order valence-corrected chi connectivity index (χ3v) is 14.9. The summed E-state index contributed by atoms with van der Waals surface area (Å²) in [5.41, 5.74) is 8.96. The second-order valence-corrected chi connectivity index (χ2v) is 21.6. The topological polar surface area (TPSA) is 223 Å². The van der Waals surface area contributed by atoms with Crippen LogP contribution in [0.3, 0.4) is 0 Å². The second kappa shape index (κ2) is 39.7. The van der Waals surface area contributed by atoms with Crippen molar-refractivity contribution in [1.82, 2.24) is 0 Å². The highest BCUT2D eigenvalue weighted by molar-refractivity contribution is 5.89. The highest BCUT2D eigenvalue weighted by Gasteiger charge is 2.23. The van der Waals surface area contributed by atoms with Crippen molar-refractivity contribution in [2.75, 3.05) is 79.3 Å². The van der Waals surface area contributed by atoms with Crippen LogP contribution in [0.4, 0.5) is 0 Å². The van der Waals surface area contributed by atoms with Crippen LogP contribution in [0.2, 0.25) is 0 Å². The number of ether oxygens (including phenoxy) is 8. The van der Waals surface area contributed by atoms with Crippen LogP contribution in [0.15, 0.2) is 158 Å². The summed E-state index contributed by atoms with van der Waals surface area (Å²) in [4.78, 5) is 46.7. The Morgan fingerprint density at radius 3 is 1.23 bits per heavy atom. The Kier molecular flexibility index (Phi) is 31.9. The first-order chi connectivity index (χ1) is 42.7. The van der Waals surface area contributed by atoms with Crippen molar-refractivity contribution in [3.05, 3.63) is 169 Å². The fourth-order valence-corrected chi connectivity index (χ4v) is 9.82. The van der Waals surface area contributed by atoms with Crippen molar-refractivity contribution in [2.24, 2.45) is 5.92 Å². The molecular formula is C72H90O16. The number of hydrogen-bond acceptors (Lipinski definition) is 16. The van der Waals surface area contributed by atoms with Gasteiger partial charge in [-0.15, -0.1) is 0 Å². The van der Waals surface area contributed by atoms with E-state index in [1.165, 1.54) is 93.7 Å². The fraction of sp³-hybridized carbons (Fsp3) is 0.417. The van der Waals surface area contributed by atoms with Gasteiger partial charge in [-0.3, -0.25) is 0 Å². The average molecular weight is 1210 g/mol. The maximum atomic E-state index is 11.7. The Morgan fingerprint density at radius 1 is 0.398 bits per heavy atom. The number of rotatable bonds is 38. The monoisotopic (exact) mass is 1210 g/mol. The zero-order chi connectivity index (χ0) is 63.5. The smallest absolute Gasteiger partial charge is 0.335 e. The Morgan fingerprint density at radius 2 is 0.784 bits per heavy atom. The van der Waals surface area contributed by atoms with E-state index in [1.807, 2.05) is 60.7 Å². The molecule has 1 fully saturated rings. The predicted octanol–water partition coefficient (Wildman–Crippen LogP) is 12.6. The van der Waals surface area contributed by atoms with Crippen molar-refractivity contribution in [3.8, 4) is 56.4 Å². The van der Waals surface area contributed by atoms with Crippen LogP contribution in [-0.2, 0) is 44.5 Å². The van der Waals surface area contributed by atoms with E-state index in [1.54, 1.807) is 6.07 Å². The van der Waals surface area contributed by atoms with Crippen LogP contribution in [-0.4, -0.2) is 124 Å². The third-order valence-electron chi connectivity index (χ3n) is 14.9. The van der Waals surface area contributed by atoms with Gasteiger partial charge in [0, 0.05) is 6.07 Å². The lowest BCUT2D eigenvalue weighted by Crippen LogP contribution is -2.15. The molecule has 0 unspecified atom stereocenters. The number of carbonyl (C=O) groups is 4. The Labute approximate surface area is 519 Å². The molecule has 1 aliphatic rings. The zero-order valence-corrected chi connectivity index (χ0v) is 51.4. The third kappa shape index (κ3) is 24.6. The number of aliphatic hydroxyl groups excluding tert-OH is 4. The molecule has 88 heavy (non-hydrogen) atoms. The number of benzene rings is 5. The van der Waals surface area contributed by atoms with Gasteiger partial charge in [0.2, 0.25) is 0 Å². The van der Waals surface area contributed by atoms with Gasteiger partial charge < -0.3 is 58.3 Å². The van der Waals surface area contributed by atoms with E-state index in [0.29, 0.717) is 28.9 Å². The molecule has 0 radical (unpaired) electrons. The van der Waals surface area contributed by atoms with E-state index in [4.69, 9.17) is 58.3 Å². The summed E-state index contributed by atoms with van der Waals surface area (Å²) >= 11 is 0. The van der Waals surface area contributed by atoms with E-state index in [9.17, 15) is 19.2 Å². The zero-order valence-electron chi connectivity index (χ0n) is 51.4. The van der Waals surface area contributed by atoms with E-state index in [2.05, 4.69) is 82.6 Å². The number of carbonyl (C=O) groups excluding carboxylic acids is 4. The summed E-state index contributed by atoms with van der Waals surface area (Å²) in [7, 11) is 0. The number of unbranched alkanes of at least 4 members (excludes halogenated alkanes) is 6. The van der Waals surface area contributed by atoms with E-state index in [0.717, 1.165) is 46.6 Å². The van der Waals surface area contributed by atoms with Crippen LogP contribution < -0.4 is 18.9 Å². The first-order valence-corrected chi connectivity index (χ1v) is 30.6. The largest absolute Gasteiger partial charge is 0.490 e. The lowest BCUT2D eigenvalue weighted by Gasteiger charge is -2.29. The van der Waals surface area contributed by atoms with Crippen LogP contribution in [0.5, 0.6) is 23.0 Å². The highest BCUT2D eigenvalue weighted by Crippen LogP contribution is 2.39. The lowest BCUT2D eigenvalue weighted by atomic mass is 9.77. The molecule has 0 atom stereocenters. The summed E-state index contributed by atoms with van der Waals surface area (Å²) in [5, 5.41) is 35.9. The Hall–Kier alpha value is -8.02. The SMILES string of the molecule is C=C(CO)C(=O)OCCOc1cc(OCCOC(=O)C(=C)CO)cc(-c2ccc(C3CCC(CCCCC)CC3)cc2)c1.C=C(CO)C(=O)OCCOc1ccc(-c2ccc(-c3ccc(OCCOC(=O)C(=C)CO)cc3)c(CCCCCCC)c2)cc1. The van der Waals surface area contributed by atoms with Gasteiger partial charge in [-0.2, -0.15) is 0 Å². The van der Waals surface area contributed by atoms with Crippen molar-refractivity contribution >= 4 is 23.9 Å². The fourth-order valence-electron chi connectivity index (χ4n) is 9.82. The molecule has 0 bridgehead atoms. The molecule has 16 nitrogen and oxygen atoms in total. The second-order valence-electron chi connectivity index (χ2n) is 21.6. The summed E-state index contributed by atoms with van der Waals surface area (Å²) in [5.74, 6) is 1.23.